The molecular formula is C18H15BrO. The molecule has 1 atom stereocenters. The Morgan fingerprint density at radius 3 is 2.35 bits per heavy atom. The second-order valence-corrected chi connectivity index (χ2v) is 5.98. The summed E-state index contributed by atoms with van der Waals surface area (Å²) >= 11 is 3.60. The van der Waals surface area contributed by atoms with Crippen LogP contribution in [0.3, 0.4) is 0 Å². The number of halogens is 1. The number of allylic oxidation sites excluding steroid dienone is 2. The standard InChI is InChI=1S/C18H15BrO/c19-18-9-5-4-8-17(18)15-10-14(11-16(20)12-15)13-6-2-1-3-7-13/h1-9,11,15H,10,12H2/t15-/m1/s1. The fourth-order valence-corrected chi connectivity index (χ4v) is 3.38. The molecule has 2 aromatic carbocycles. The Kier molecular flexibility index (Phi) is 3.83. The molecule has 1 nitrogen and oxygen atoms in total. The van der Waals surface area contributed by atoms with Crippen LogP contribution in [0, 0.1) is 0 Å². The highest BCUT2D eigenvalue weighted by Crippen LogP contribution is 2.38. The lowest BCUT2D eigenvalue weighted by Gasteiger charge is -2.23. The fourth-order valence-electron chi connectivity index (χ4n) is 2.77. The molecule has 2 aromatic rings. The molecule has 0 fully saturated rings. The molecule has 2 heteroatoms. The zero-order valence-corrected chi connectivity index (χ0v) is 12.6. The lowest BCUT2D eigenvalue weighted by molar-refractivity contribution is -0.115. The fraction of sp³-hybridized carbons (Fsp3) is 0.167. The summed E-state index contributed by atoms with van der Waals surface area (Å²) in [4.78, 5) is 12.1. The van der Waals surface area contributed by atoms with Gasteiger partial charge in [-0.1, -0.05) is 64.5 Å². The van der Waals surface area contributed by atoms with Crippen LogP contribution >= 0.6 is 15.9 Å². The first-order chi connectivity index (χ1) is 9.74. The monoisotopic (exact) mass is 326 g/mol. The van der Waals surface area contributed by atoms with Crippen LogP contribution in [0.4, 0.5) is 0 Å². The Morgan fingerprint density at radius 2 is 1.60 bits per heavy atom. The molecular weight excluding hydrogens is 312 g/mol. The van der Waals surface area contributed by atoms with E-state index >= 15 is 0 Å². The molecule has 0 aromatic heterocycles. The molecule has 0 amide bonds. The van der Waals surface area contributed by atoms with Crippen LogP contribution in [0.25, 0.3) is 5.57 Å². The summed E-state index contributed by atoms with van der Waals surface area (Å²) in [5.41, 5.74) is 3.52. The van der Waals surface area contributed by atoms with Crippen molar-refractivity contribution in [2.45, 2.75) is 18.8 Å². The van der Waals surface area contributed by atoms with E-state index in [9.17, 15) is 4.79 Å². The minimum atomic E-state index is 0.218. The van der Waals surface area contributed by atoms with Gasteiger partial charge in [0, 0.05) is 10.9 Å². The normalized spacial score (nSPS) is 18.8. The number of ketones is 1. The van der Waals surface area contributed by atoms with Crippen molar-refractivity contribution in [2.75, 3.05) is 0 Å². The minimum Gasteiger partial charge on any atom is -0.295 e. The second kappa shape index (κ2) is 5.76. The highest BCUT2D eigenvalue weighted by molar-refractivity contribution is 9.10. The summed E-state index contributed by atoms with van der Waals surface area (Å²) in [7, 11) is 0. The summed E-state index contributed by atoms with van der Waals surface area (Å²) < 4.78 is 1.09. The number of hydrogen-bond acceptors (Lipinski definition) is 1. The largest absolute Gasteiger partial charge is 0.295 e. The van der Waals surface area contributed by atoms with Crippen LogP contribution < -0.4 is 0 Å². The van der Waals surface area contributed by atoms with Crippen molar-refractivity contribution in [1.29, 1.82) is 0 Å². The van der Waals surface area contributed by atoms with Gasteiger partial charge in [0.1, 0.15) is 0 Å². The van der Waals surface area contributed by atoms with E-state index < -0.39 is 0 Å². The third-order valence-corrected chi connectivity index (χ3v) is 4.46. The van der Waals surface area contributed by atoms with Crippen molar-refractivity contribution in [3.05, 3.63) is 76.3 Å². The lowest BCUT2D eigenvalue weighted by atomic mass is 9.81. The van der Waals surface area contributed by atoms with Crippen LogP contribution in [0.1, 0.15) is 29.9 Å². The highest BCUT2D eigenvalue weighted by Gasteiger charge is 2.24. The van der Waals surface area contributed by atoms with Gasteiger partial charge in [-0.2, -0.15) is 0 Å². The van der Waals surface area contributed by atoms with Crippen molar-refractivity contribution >= 4 is 27.3 Å². The summed E-state index contributed by atoms with van der Waals surface area (Å²) in [6.07, 6.45) is 3.32. The van der Waals surface area contributed by atoms with Gasteiger partial charge < -0.3 is 0 Å². The molecule has 0 N–H and O–H groups in total. The lowest BCUT2D eigenvalue weighted by Crippen LogP contribution is -2.12. The quantitative estimate of drug-likeness (QED) is 0.760. The van der Waals surface area contributed by atoms with E-state index in [-0.39, 0.29) is 11.7 Å². The zero-order valence-electron chi connectivity index (χ0n) is 11.1. The molecule has 100 valence electrons. The smallest absolute Gasteiger partial charge is 0.156 e. The average Bonchev–Trinajstić information content (AvgIpc) is 2.48. The number of carbonyl (C=O) groups excluding carboxylic acids is 1. The third-order valence-electron chi connectivity index (χ3n) is 3.74. The number of benzene rings is 2. The maximum atomic E-state index is 12.1. The van der Waals surface area contributed by atoms with Gasteiger partial charge in [-0.25, -0.2) is 0 Å². The predicted molar refractivity (Wildman–Crippen MR) is 85.5 cm³/mol. The van der Waals surface area contributed by atoms with E-state index in [0.29, 0.717) is 6.42 Å². The molecule has 0 aliphatic heterocycles. The first kappa shape index (κ1) is 13.3. The topological polar surface area (TPSA) is 17.1 Å². The molecule has 0 saturated carbocycles. The van der Waals surface area contributed by atoms with Crippen molar-refractivity contribution in [2.24, 2.45) is 0 Å². The van der Waals surface area contributed by atoms with E-state index in [0.717, 1.165) is 22.0 Å². The molecule has 0 bridgehead atoms. The molecule has 0 heterocycles. The summed E-state index contributed by atoms with van der Waals surface area (Å²) in [5.74, 6) is 0.481. The van der Waals surface area contributed by atoms with Crippen molar-refractivity contribution in [3.8, 4) is 0 Å². The number of hydrogen-bond donors (Lipinski definition) is 0. The molecule has 20 heavy (non-hydrogen) atoms. The Hall–Kier alpha value is -1.67. The van der Waals surface area contributed by atoms with Gasteiger partial charge in [0.15, 0.2) is 5.78 Å². The number of rotatable bonds is 2. The Morgan fingerprint density at radius 1 is 0.900 bits per heavy atom. The van der Waals surface area contributed by atoms with Gasteiger partial charge in [-0.3, -0.25) is 4.79 Å². The molecule has 3 rings (SSSR count). The van der Waals surface area contributed by atoms with E-state index in [4.69, 9.17) is 0 Å². The second-order valence-electron chi connectivity index (χ2n) is 5.13. The summed E-state index contributed by atoms with van der Waals surface area (Å²) in [5, 5.41) is 0. The molecule has 0 radical (unpaired) electrons. The molecule has 0 spiro atoms. The molecule has 1 aliphatic rings. The van der Waals surface area contributed by atoms with E-state index in [1.54, 1.807) is 0 Å². The zero-order chi connectivity index (χ0) is 13.9. The van der Waals surface area contributed by atoms with Gasteiger partial charge in [-0.05, 0) is 41.2 Å². The van der Waals surface area contributed by atoms with Gasteiger partial charge >= 0.3 is 0 Å². The Bertz CT molecular complexity index is 658. The Labute approximate surface area is 127 Å². The summed E-state index contributed by atoms with van der Waals surface area (Å²) in [6.45, 7) is 0. The van der Waals surface area contributed by atoms with Gasteiger partial charge in [-0.15, -0.1) is 0 Å². The maximum absolute atomic E-state index is 12.1. The average molecular weight is 327 g/mol. The van der Waals surface area contributed by atoms with Crippen LogP contribution in [0.5, 0.6) is 0 Å². The number of carbonyl (C=O) groups is 1. The first-order valence-electron chi connectivity index (χ1n) is 6.77. The van der Waals surface area contributed by atoms with E-state index in [2.05, 4.69) is 34.1 Å². The third kappa shape index (κ3) is 2.75. The van der Waals surface area contributed by atoms with E-state index in [1.165, 1.54) is 5.56 Å². The molecule has 1 aliphatic carbocycles. The van der Waals surface area contributed by atoms with Gasteiger partial charge in [0.25, 0.3) is 0 Å². The van der Waals surface area contributed by atoms with Crippen LogP contribution in [0.15, 0.2) is 65.1 Å². The first-order valence-corrected chi connectivity index (χ1v) is 7.56. The van der Waals surface area contributed by atoms with Gasteiger partial charge in [0.2, 0.25) is 0 Å². The minimum absolute atomic E-state index is 0.218. The van der Waals surface area contributed by atoms with Crippen molar-refractivity contribution in [3.63, 3.8) is 0 Å². The Balaban J connectivity index is 1.93. The van der Waals surface area contributed by atoms with Crippen LogP contribution in [-0.2, 0) is 4.79 Å². The highest BCUT2D eigenvalue weighted by atomic mass is 79.9. The van der Waals surface area contributed by atoms with E-state index in [1.807, 2.05) is 42.5 Å². The van der Waals surface area contributed by atoms with Crippen molar-refractivity contribution in [1.82, 2.24) is 0 Å². The van der Waals surface area contributed by atoms with Crippen LogP contribution in [-0.4, -0.2) is 5.78 Å². The molecule has 0 unspecified atom stereocenters. The van der Waals surface area contributed by atoms with Gasteiger partial charge in [0.05, 0.1) is 0 Å². The maximum Gasteiger partial charge on any atom is 0.156 e. The predicted octanol–water partition coefficient (Wildman–Crippen LogP) is 4.98. The summed E-state index contributed by atoms with van der Waals surface area (Å²) in [6, 6.07) is 18.4. The SMILES string of the molecule is O=C1C=C(c2ccccc2)C[C@@H](c2ccccc2Br)C1. The van der Waals surface area contributed by atoms with Crippen LogP contribution in [0.2, 0.25) is 0 Å². The molecule has 0 saturated heterocycles. The van der Waals surface area contributed by atoms with Crippen molar-refractivity contribution < 1.29 is 4.79 Å².